The third-order valence-corrected chi connectivity index (χ3v) is 2.55. The maximum atomic E-state index is 10.9. The number of hydrogen-bond acceptors (Lipinski definition) is 4. The van der Waals surface area contributed by atoms with Gasteiger partial charge in [0, 0.05) is 10.9 Å². The van der Waals surface area contributed by atoms with Crippen LogP contribution in [0.3, 0.4) is 0 Å². The Hall–Kier alpha value is -1.62. The summed E-state index contributed by atoms with van der Waals surface area (Å²) in [6.07, 6.45) is 0. The summed E-state index contributed by atoms with van der Waals surface area (Å²) in [5.41, 5.74) is 1.32. The van der Waals surface area contributed by atoms with Gasteiger partial charge in [-0.15, -0.1) is 0 Å². The van der Waals surface area contributed by atoms with Crippen molar-refractivity contribution >= 4 is 17.3 Å². The summed E-state index contributed by atoms with van der Waals surface area (Å²) in [4.78, 5) is 10.9. The lowest BCUT2D eigenvalue weighted by atomic mass is 10.1. The van der Waals surface area contributed by atoms with Crippen LogP contribution in [0.1, 0.15) is 16.1 Å². The van der Waals surface area contributed by atoms with Gasteiger partial charge in [0.1, 0.15) is 17.0 Å². The van der Waals surface area contributed by atoms with Crippen molar-refractivity contribution in [3.8, 4) is 11.3 Å². The number of thiophene rings is 1. The van der Waals surface area contributed by atoms with Crippen LogP contribution in [0.5, 0.6) is 0 Å². The Labute approximate surface area is 83.8 Å². The molecular formula is C9H7NO3S. The molecule has 1 N–H and O–H groups in total. The molecule has 0 spiro atoms. The van der Waals surface area contributed by atoms with Gasteiger partial charge in [0.15, 0.2) is 0 Å². The molecule has 0 aromatic carbocycles. The molecule has 0 saturated carbocycles. The third-order valence-electron chi connectivity index (χ3n) is 1.87. The zero-order valence-electron chi connectivity index (χ0n) is 7.35. The normalized spacial score (nSPS) is 10.4. The number of hydrogen-bond donors (Lipinski definition) is 1. The largest absolute Gasteiger partial charge is 0.477 e. The molecule has 0 saturated heterocycles. The van der Waals surface area contributed by atoms with Gasteiger partial charge in [-0.1, -0.05) is 5.16 Å². The minimum Gasteiger partial charge on any atom is -0.477 e. The van der Waals surface area contributed by atoms with E-state index in [9.17, 15) is 4.79 Å². The van der Waals surface area contributed by atoms with E-state index in [4.69, 9.17) is 9.63 Å². The molecule has 14 heavy (non-hydrogen) atoms. The lowest BCUT2D eigenvalue weighted by Crippen LogP contribution is -1.98. The van der Waals surface area contributed by atoms with E-state index in [1.54, 1.807) is 6.92 Å². The molecule has 0 radical (unpaired) electrons. The molecule has 0 aliphatic carbocycles. The number of rotatable bonds is 2. The fraction of sp³-hybridized carbons (Fsp3) is 0.111. The average molecular weight is 209 g/mol. The Kier molecular flexibility index (Phi) is 2.09. The Balaban J connectivity index is 2.60. The Bertz CT molecular complexity index is 458. The van der Waals surface area contributed by atoms with Crippen molar-refractivity contribution in [3.63, 3.8) is 0 Å². The van der Waals surface area contributed by atoms with Crippen molar-refractivity contribution in [1.82, 2.24) is 5.16 Å². The summed E-state index contributed by atoms with van der Waals surface area (Å²) in [7, 11) is 0. The Morgan fingerprint density at radius 1 is 1.64 bits per heavy atom. The van der Waals surface area contributed by atoms with Crippen molar-refractivity contribution in [2.45, 2.75) is 6.92 Å². The average Bonchev–Trinajstić information content (AvgIpc) is 2.70. The second-order valence-electron chi connectivity index (χ2n) is 2.78. The first-order valence-electron chi connectivity index (χ1n) is 3.92. The Morgan fingerprint density at radius 3 is 3.00 bits per heavy atom. The van der Waals surface area contributed by atoms with E-state index in [0.29, 0.717) is 11.5 Å². The van der Waals surface area contributed by atoms with E-state index < -0.39 is 5.97 Å². The molecule has 2 aromatic rings. The first-order valence-corrected chi connectivity index (χ1v) is 4.86. The lowest BCUT2D eigenvalue weighted by molar-refractivity contribution is 0.0696. The van der Waals surface area contributed by atoms with Gasteiger partial charge in [-0.05, 0) is 18.4 Å². The number of nitrogens with zero attached hydrogens (tertiary/aromatic N) is 1. The maximum Gasteiger partial charge on any atom is 0.341 e. The highest BCUT2D eigenvalue weighted by Gasteiger charge is 2.20. The highest BCUT2D eigenvalue weighted by molar-refractivity contribution is 7.08. The molecule has 0 amide bonds. The monoisotopic (exact) mass is 209 g/mol. The topological polar surface area (TPSA) is 63.3 Å². The van der Waals surface area contributed by atoms with Crippen LogP contribution in [0.2, 0.25) is 0 Å². The fourth-order valence-corrected chi connectivity index (χ4v) is 1.86. The summed E-state index contributed by atoms with van der Waals surface area (Å²) in [6, 6.07) is 1.81. The van der Waals surface area contributed by atoms with Gasteiger partial charge in [0.2, 0.25) is 0 Å². The standard InChI is InChI=1S/C9H7NO3S/c1-5-7(9(11)12)8(10-13-5)6-2-3-14-4-6/h2-4H,1H3,(H,11,12). The molecule has 0 aliphatic rings. The minimum atomic E-state index is -1.01. The zero-order chi connectivity index (χ0) is 10.1. The number of carbonyl (C=O) groups is 1. The van der Waals surface area contributed by atoms with Crippen LogP contribution in [0.15, 0.2) is 21.3 Å². The predicted octanol–water partition coefficient (Wildman–Crippen LogP) is 2.41. The van der Waals surface area contributed by atoms with E-state index in [1.165, 1.54) is 11.3 Å². The summed E-state index contributed by atoms with van der Waals surface area (Å²) >= 11 is 1.49. The number of aromatic nitrogens is 1. The minimum absolute atomic E-state index is 0.142. The second kappa shape index (κ2) is 3.26. The van der Waals surface area contributed by atoms with E-state index >= 15 is 0 Å². The number of carboxylic acid groups (broad SMARTS) is 1. The van der Waals surface area contributed by atoms with Gasteiger partial charge >= 0.3 is 5.97 Å². The van der Waals surface area contributed by atoms with Crippen molar-refractivity contribution < 1.29 is 14.4 Å². The van der Waals surface area contributed by atoms with E-state index in [0.717, 1.165) is 5.56 Å². The van der Waals surface area contributed by atoms with E-state index in [-0.39, 0.29) is 5.56 Å². The van der Waals surface area contributed by atoms with Crippen molar-refractivity contribution in [3.05, 3.63) is 28.2 Å². The van der Waals surface area contributed by atoms with Crippen LogP contribution in [-0.2, 0) is 0 Å². The van der Waals surface area contributed by atoms with Gasteiger partial charge < -0.3 is 9.63 Å². The van der Waals surface area contributed by atoms with Crippen LogP contribution in [0.4, 0.5) is 0 Å². The number of carboxylic acids is 1. The summed E-state index contributed by atoms with van der Waals surface area (Å²) in [5.74, 6) is -0.677. The summed E-state index contributed by atoms with van der Waals surface area (Å²) in [6.45, 7) is 1.59. The molecule has 0 atom stereocenters. The van der Waals surface area contributed by atoms with Gasteiger partial charge in [-0.2, -0.15) is 11.3 Å². The SMILES string of the molecule is Cc1onc(-c2ccsc2)c1C(=O)O. The second-order valence-corrected chi connectivity index (χ2v) is 3.56. The van der Waals surface area contributed by atoms with Crippen LogP contribution >= 0.6 is 11.3 Å². The molecular weight excluding hydrogens is 202 g/mol. The zero-order valence-corrected chi connectivity index (χ0v) is 8.17. The molecule has 0 fully saturated rings. The first-order chi connectivity index (χ1) is 6.70. The van der Waals surface area contributed by atoms with E-state index in [1.807, 2.05) is 16.8 Å². The highest BCUT2D eigenvalue weighted by Crippen LogP contribution is 2.26. The predicted molar refractivity (Wildman–Crippen MR) is 51.5 cm³/mol. The molecule has 5 heteroatoms. The molecule has 2 rings (SSSR count). The van der Waals surface area contributed by atoms with Crippen molar-refractivity contribution in [1.29, 1.82) is 0 Å². The van der Waals surface area contributed by atoms with Crippen molar-refractivity contribution in [2.24, 2.45) is 0 Å². The summed E-state index contributed by atoms with van der Waals surface area (Å²) in [5, 5.41) is 16.4. The number of aryl methyl sites for hydroxylation is 1. The van der Waals surface area contributed by atoms with Gasteiger partial charge in [0.05, 0.1) is 0 Å². The van der Waals surface area contributed by atoms with Gasteiger partial charge in [0.25, 0.3) is 0 Å². The van der Waals surface area contributed by atoms with Crippen LogP contribution in [-0.4, -0.2) is 16.2 Å². The number of aromatic carboxylic acids is 1. The van der Waals surface area contributed by atoms with Crippen molar-refractivity contribution in [2.75, 3.05) is 0 Å². The van der Waals surface area contributed by atoms with Crippen LogP contribution in [0, 0.1) is 6.92 Å². The highest BCUT2D eigenvalue weighted by atomic mass is 32.1. The molecule has 0 bridgehead atoms. The van der Waals surface area contributed by atoms with Gasteiger partial charge in [-0.25, -0.2) is 4.79 Å². The smallest absolute Gasteiger partial charge is 0.341 e. The van der Waals surface area contributed by atoms with Crippen LogP contribution < -0.4 is 0 Å². The van der Waals surface area contributed by atoms with Crippen LogP contribution in [0.25, 0.3) is 11.3 Å². The molecule has 0 unspecified atom stereocenters. The van der Waals surface area contributed by atoms with E-state index in [2.05, 4.69) is 5.16 Å². The lowest BCUT2D eigenvalue weighted by Gasteiger charge is -1.92. The first kappa shape index (κ1) is 8.96. The maximum absolute atomic E-state index is 10.9. The summed E-state index contributed by atoms with van der Waals surface area (Å²) < 4.78 is 4.85. The quantitative estimate of drug-likeness (QED) is 0.824. The Morgan fingerprint density at radius 2 is 2.43 bits per heavy atom. The molecule has 2 heterocycles. The molecule has 0 aliphatic heterocycles. The third kappa shape index (κ3) is 1.31. The molecule has 4 nitrogen and oxygen atoms in total. The molecule has 72 valence electrons. The molecule has 2 aromatic heterocycles. The fourth-order valence-electron chi connectivity index (χ4n) is 1.22. The van der Waals surface area contributed by atoms with Gasteiger partial charge in [-0.3, -0.25) is 0 Å².